The third-order valence-corrected chi connectivity index (χ3v) is 4.40. The second-order valence-electron chi connectivity index (χ2n) is 6.07. The summed E-state index contributed by atoms with van der Waals surface area (Å²) in [6.07, 6.45) is 6.82. The fourth-order valence-electron chi connectivity index (χ4n) is 3.08. The number of pyridine rings is 1. The minimum absolute atomic E-state index is 0.0659. The summed E-state index contributed by atoms with van der Waals surface area (Å²) in [7, 11) is 0. The van der Waals surface area contributed by atoms with Gasteiger partial charge in [-0.15, -0.1) is 0 Å². The Kier molecular flexibility index (Phi) is 5.25. The first-order valence-corrected chi connectivity index (χ1v) is 8.49. The smallest absolute Gasteiger partial charge is 0.224 e. The van der Waals surface area contributed by atoms with Crippen molar-refractivity contribution in [3.63, 3.8) is 0 Å². The number of nitrogens with zero attached hydrogens (tertiary/aromatic N) is 4. The van der Waals surface area contributed by atoms with Crippen LogP contribution < -0.4 is 0 Å². The number of carbonyl (C=O) groups is 1. The quantitative estimate of drug-likeness (QED) is 0.844. The molecule has 6 nitrogen and oxygen atoms in total. The molecule has 3 heterocycles. The fraction of sp³-hybridized carbons (Fsp3) is 0.500. The van der Waals surface area contributed by atoms with E-state index in [0.29, 0.717) is 32.7 Å². The fourth-order valence-corrected chi connectivity index (χ4v) is 3.08. The van der Waals surface area contributed by atoms with E-state index >= 15 is 0 Å². The molecule has 1 saturated heterocycles. The summed E-state index contributed by atoms with van der Waals surface area (Å²) in [4.78, 5) is 23.0. The van der Waals surface area contributed by atoms with Crippen LogP contribution in [0.3, 0.4) is 0 Å². The lowest BCUT2D eigenvalue weighted by molar-refractivity contribution is -0.139. The Morgan fingerprint density at radius 3 is 3.04 bits per heavy atom. The lowest BCUT2D eigenvalue weighted by Gasteiger charge is -2.33. The van der Waals surface area contributed by atoms with E-state index in [1.165, 1.54) is 0 Å². The van der Waals surface area contributed by atoms with E-state index in [-0.39, 0.29) is 12.0 Å². The van der Waals surface area contributed by atoms with Gasteiger partial charge in [-0.3, -0.25) is 9.78 Å². The molecule has 2 aromatic rings. The zero-order valence-electron chi connectivity index (χ0n) is 14.3. The third-order valence-electron chi connectivity index (χ3n) is 4.40. The highest BCUT2D eigenvalue weighted by Gasteiger charge is 2.25. The average Bonchev–Trinajstić information content (AvgIpc) is 3.07. The molecule has 1 atom stereocenters. The molecule has 1 aliphatic heterocycles. The second-order valence-corrected chi connectivity index (χ2v) is 6.07. The Morgan fingerprint density at radius 2 is 2.25 bits per heavy atom. The van der Waals surface area contributed by atoms with E-state index in [1.54, 1.807) is 12.4 Å². The SMILES string of the molecule is CCc1nccn1CCC(=O)N1CCO[C@@H](c2ccnc(C)c2)C1. The molecule has 0 saturated carbocycles. The molecule has 24 heavy (non-hydrogen) atoms. The summed E-state index contributed by atoms with van der Waals surface area (Å²) in [6, 6.07) is 3.99. The predicted octanol–water partition coefficient (Wildman–Crippen LogP) is 2.14. The van der Waals surface area contributed by atoms with Gasteiger partial charge in [-0.05, 0) is 24.6 Å². The van der Waals surface area contributed by atoms with E-state index < -0.39 is 0 Å². The molecular weight excluding hydrogens is 304 g/mol. The molecule has 1 fully saturated rings. The van der Waals surface area contributed by atoms with E-state index in [9.17, 15) is 4.79 Å². The maximum atomic E-state index is 12.6. The lowest BCUT2D eigenvalue weighted by Crippen LogP contribution is -2.42. The summed E-state index contributed by atoms with van der Waals surface area (Å²) < 4.78 is 7.91. The van der Waals surface area contributed by atoms with Crippen molar-refractivity contribution >= 4 is 5.91 Å². The zero-order chi connectivity index (χ0) is 16.9. The van der Waals surface area contributed by atoms with Gasteiger partial charge in [0.1, 0.15) is 11.9 Å². The molecule has 0 unspecified atom stereocenters. The maximum absolute atomic E-state index is 12.6. The van der Waals surface area contributed by atoms with Gasteiger partial charge in [0, 0.05) is 50.2 Å². The van der Waals surface area contributed by atoms with E-state index in [1.807, 2.05) is 30.2 Å². The molecule has 128 valence electrons. The number of hydrogen-bond donors (Lipinski definition) is 0. The standard InChI is InChI=1S/C18H24N4O2/c1-3-17-20-7-9-21(17)8-5-18(23)22-10-11-24-16(13-22)15-4-6-19-14(2)12-15/h4,6-7,9,12,16H,3,5,8,10-11,13H2,1-2H3/t16-/m1/s1. The number of hydrogen-bond acceptors (Lipinski definition) is 4. The first-order valence-electron chi connectivity index (χ1n) is 8.49. The van der Waals surface area contributed by atoms with Gasteiger partial charge in [0.15, 0.2) is 0 Å². The maximum Gasteiger partial charge on any atom is 0.224 e. The van der Waals surface area contributed by atoms with Gasteiger partial charge in [0.25, 0.3) is 0 Å². The van der Waals surface area contributed by atoms with Crippen molar-refractivity contribution in [3.8, 4) is 0 Å². The number of amides is 1. The van der Waals surface area contributed by atoms with Crippen molar-refractivity contribution in [2.75, 3.05) is 19.7 Å². The number of imidazole rings is 1. The van der Waals surface area contributed by atoms with Crippen molar-refractivity contribution in [2.45, 2.75) is 39.3 Å². The van der Waals surface area contributed by atoms with Crippen LogP contribution in [0.25, 0.3) is 0 Å². The molecule has 0 aliphatic carbocycles. The van der Waals surface area contributed by atoms with Crippen LogP contribution in [-0.4, -0.2) is 45.0 Å². The van der Waals surface area contributed by atoms with Gasteiger partial charge < -0.3 is 14.2 Å². The Bertz CT molecular complexity index is 698. The number of morpholine rings is 1. The van der Waals surface area contributed by atoms with Crippen LogP contribution in [0.2, 0.25) is 0 Å². The largest absolute Gasteiger partial charge is 0.370 e. The van der Waals surface area contributed by atoms with Crippen molar-refractivity contribution < 1.29 is 9.53 Å². The van der Waals surface area contributed by atoms with Crippen molar-refractivity contribution in [1.29, 1.82) is 0 Å². The second kappa shape index (κ2) is 7.57. The van der Waals surface area contributed by atoms with Crippen LogP contribution in [0.4, 0.5) is 0 Å². The number of aryl methyl sites for hydroxylation is 3. The highest BCUT2D eigenvalue weighted by molar-refractivity contribution is 5.76. The first kappa shape index (κ1) is 16.6. The molecule has 0 bridgehead atoms. The van der Waals surface area contributed by atoms with Crippen molar-refractivity contribution in [3.05, 3.63) is 47.8 Å². The minimum atomic E-state index is -0.0659. The van der Waals surface area contributed by atoms with Crippen LogP contribution >= 0.6 is 0 Å². The normalized spacial score (nSPS) is 17.9. The van der Waals surface area contributed by atoms with Crippen LogP contribution in [0.5, 0.6) is 0 Å². The highest BCUT2D eigenvalue weighted by Crippen LogP contribution is 2.22. The van der Waals surface area contributed by atoms with Crippen molar-refractivity contribution in [2.24, 2.45) is 0 Å². The Morgan fingerprint density at radius 1 is 1.38 bits per heavy atom. The topological polar surface area (TPSA) is 60.2 Å². The zero-order valence-corrected chi connectivity index (χ0v) is 14.3. The summed E-state index contributed by atoms with van der Waals surface area (Å²) in [5, 5.41) is 0. The van der Waals surface area contributed by atoms with Gasteiger partial charge in [0.2, 0.25) is 5.91 Å². The third kappa shape index (κ3) is 3.82. The number of carbonyl (C=O) groups excluding carboxylic acids is 1. The summed E-state index contributed by atoms with van der Waals surface area (Å²) >= 11 is 0. The molecule has 6 heteroatoms. The molecule has 1 aliphatic rings. The van der Waals surface area contributed by atoms with Gasteiger partial charge in [-0.2, -0.15) is 0 Å². The number of rotatable bonds is 5. The highest BCUT2D eigenvalue weighted by atomic mass is 16.5. The molecule has 0 spiro atoms. The number of aromatic nitrogens is 3. The van der Waals surface area contributed by atoms with Crippen LogP contribution in [0.1, 0.15) is 36.5 Å². The van der Waals surface area contributed by atoms with Crippen LogP contribution in [0.15, 0.2) is 30.7 Å². The summed E-state index contributed by atoms with van der Waals surface area (Å²) in [6.45, 7) is 6.55. The van der Waals surface area contributed by atoms with E-state index in [4.69, 9.17) is 4.74 Å². The molecule has 3 rings (SSSR count). The first-order chi connectivity index (χ1) is 11.7. The van der Waals surface area contributed by atoms with Crippen LogP contribution in [0, 0.1) is 6.92 Å². The molecule has 0 radical (unpaired) electrons. The Balaban J connectivity index is 1.59. The minimum Gasteiger partial charge on any atom is -0.370 e. The summed E-state index contributed by atoms with van der Waals surface area (Å²) in [5.74, 6) is 1.19. The summed E-state index contributed by atoms with van der Waals surface area (Å²) in [5.41, 5.74) is 2.05. The Labute approximate surface area is 142 Å². The molecular formula is C18H24N4O2. The van der Waals surface area contributed by atoms with E-state index in [2.05, 4.69) is 21.5 Å². The Hall–Kier alpha value is -2.21. The molecule has 2 aromatic heterocycles. The monoisotopic (exact) mass is 328 g/mol. The lowest BCUT2D eigenvalue weighted by atomic mass is 10.1. The van der Waals surface area contributed by atoms with Gasteiger partial charge in [0.05, 0.1) is 13.2 Å². The van der Waals surface area contributed by atoms with Gasteiger partial charge >= 0.3 is 0 Å². The van der Waals surface area contributed by atoms with Gasteiger partial charge in [-0.25, -0.2) is 4.98 Å². The van der Waals surface area contributed by atoms with Crippen LogP contribution in [-0.2, 0) is 22.5 Å². The average molecular weight is 328 g/mol. The molecule has 1 amide bonds. The molecule has 0 N–H and O–H groups in total. The van der Waals surface area contributed by atoms with Gasteiger partial charge in [-0.1, -0.05) is 6.92 Å². The predicted molar refractivity (Wildman–Crippen MR) is 90.5 cm³/mol. The molecule has 0 aromatic carbocycles. The number of ether oxygens (including phenoxy) is 1. The van der Waals surface area contributed by atoms with E-state index in [0.717, 1.165) is 23.5 Å². The van der Waals surface area contributed by atoms with Crippen molar-refractivity contribution in [1.82, 2.24) is 19.4 Å².